The summed E-state index contributed by atoms with van der Waals surface area (Å²) in [5.41, 5.74) is 0. The lowest BCUT2D eigenvalue weighted by Crippen LogP contribution is -2.08. The van der Waals surface area contributed by atoms with Crippen LogP contribution in [0.25, 0.3) is 0 Å². The molecule has 0 saturated carbocycles. The molecule has 2 heterocycles. The van der Waals surface area contributed by atoms with E-state index in [9.17, 15) is 0 Å². The van der Waals surface area contributed by atoms with Crippen molar-refractivity contribution < 1.29 is 4.74 Å². The molecule has 74 valence electrons. The standard InChI is InChI=1S/C8H11ClN2O.ClH/c9-6-7-10-3-4-11(7)8-2-1-5-12-8;/h3-4,8H,1-2,5-6H2;1H. The highest BCUT2D eigenvalue weighted by atomic mass is 35.5. The minimum Gasteiger partial charge on any atom is -0.358 e. The molecule has 0 spiro atoms. The molecule has 2 rings (SSSR count). The highest BCUT2D eigenvalue weighted by Crippen LogP contribution is 2.24. The third-order valence-corrected chi connectivity index (χ3v) is 2.32. The summed E-state index contributed by atoms with van der Waals surface area (Å²) in [6.45, 7) is 0.852. The van der Waals surface area contributed by atoms with Crippen molar-refractivity contribution in [3.8, 4) is 0 Å². The van der Waals surface area contributed by atoms with E-state index in [1.54, 1.807) is 6.20 Å². The number of alkyl halides is 1. The summed E-state index contributed by atoms with van der Waals surface area (Å²) in [6, 6.07) is 0. The van der Waals surface area contributed by atoms with Gasteiger partial charge in [0.2, 0.25) is 0 Å². The van der Waals surface area contributed by atoms with Gasteiger partial charge in [0.1, 0.15) is 12.1 Å². The van der Waals surface area contributed by atoms with Crippen molar-refractivity contribution in [1.82, 2.24) is 9.55 Å². The van der Waals surface area contributed by atoms with E-state index in [1.165, 1.54) is 0 Å². The molecule has 1 saturated heterocycles. The third-order valence-electron chi connectivity index (χ3n) is 2.08. The second-order valence-electron chi connectivity index (χ2n) is 2.85. The molecule has 1 fully saturated rings. The lowest BCUT2D eigenvalue weighted by atomic mass is 10.3. The Morgan fingerprint density at radius 2 is 2.54 bits per heavy atom. The van der Waals surface area contributed by atoms with Crippen LogP contribution in [0.1, 0.15) is 24.9 Å². The third kappa shape index (κ3) is 2.16. The van der Waals surface area contributed by atoms with Gasteiger partial charge in [-0.3, -0.25) is 0 Å². The summed E-state index contributed by atoms with van der Waals surface area (Å²) in [6.07, 6.45) is 6.05. The molecule has 0 bridgehead atoms. The Bertz CT molecular complexity index is 258. The monoisotopic (exact) mass is 222 g/mol. The van der Waals surface area contributed by atoms with Crippen LogP contribution in [-0.4, -0.2) is 16.2 Å². The van der Waals surface area contributed by atoms with Crippen molar-refractivity contribution in [2.45, 2.75) is 24.9 Å². The van der Waals surface area contributed by atoms with Crippen LogP contribution in [0.2, 0.25) is 0 Å². The first-order valence-electron chi connectivity index (χ1n) is 4.11. The summed E-state index contributed by atoms with van der Waals surface area (Å²) in [5.74, 6) is 1.34. The van der Waals surface area contributed by atoms with Gasteiger partial charge in [-0.15, -0.1) is 24.0 Å². The first-order valence-corrected chi connectivity index (χ1v) is 4.64. The number of nitrogens with zero attached hydrogens (tertiary/aromatic N) is 2. The van der Waals surface area contributed by atoms with Gasteiger partial charge in [-0.2, -0.15) is 0 Å². The van der Waals surface area contributed by atoms with E-state index < -0.39 is 0 Å². The van der Waals surface area contributed by atoms with Crippen LogP contribution in [-0.2, 0) is 10.6 Å². The zero-order valence-electron chi connectivity index (χ0n) is 7.15. The van der Waals surface area contributed by atoms with Crippen molar-refractivity contribution in [1.29, 1.82) is 0 Å². The number of hydrogen-bond acceptors (Lipinski definition) is 2. The van der Waals surface area contributed by atoms with E-state index in [2.05, 4.69) is 4.98 Å². The van der Waals surface area contributed by atoms with E-state index in [4.69, 9.17) is 16.3 Å². The quantitative estimate of drug-likeness (QED) is 0.719. The van der Waals surface area contributed by atoms with Gasteiger partial charge >= 0.3 is 0 Å². The van der Waals surface area contributed by atoms with Crippen molar-refractivity contribution in [3.63, 3.8) is 0 Å². The smallest absolute Gasteiger partial charge is 0.135 e. The second kappa shape index (κ2) is 4.84. The summed E-state index contributed by atoms with van der Waals surface area (Å²) in [4.78, 5) is 4.13. The predicted octanol–water partition coefficient (Wildman–Crippen LogP) is 2.35. The molecule has 1 aliphatic rings. The summed E-state index contributed by atoms with van der Waals surface area (Å²) in [5, 5.41) is 0. The van der Waals surface area contributed by atoms with Crippen LogP contribution in [0.4, 0.5) is 0 Å². The Morgan fingerprint density at radius 3 is 3.15 bits per heavy atom. The molecule has 0 N–H and O–H groups in total. The Labute approximate surface area is 88.5 Å². The number of rotatable bonds is 2. The maximum Gasteiger partial charge on any atom is 0.135 e. The Morgan fingerprint density at radius 1 is 1.69 bits per heavy atom. The molecule has 5 heteroatoms. The van der Waals surface area contributed by atoms with E-state index in [0.717, 1.165) is 25.3 Å². The van der Waals surface area contributed by atoms with E-state index in [0.29, 0.717) is 5.88 Å². The SMILES string of the molecule is Cl.ClCc1nccn1C1CCCO1. The fourth-order valence-corrected chi connectivity index (χ4v) is 1.70. The van der Waals surface area contributed by atoms with Crippen LogP contribution in [0.5, 0.6) is 0 Å². The largest absolute Gasteiger partial charge is 0.358 e. The zero-order valence-corrected chi connectivity index (χ0v) is 8.72. The van der Waals surface area contributed by atoms with E-state index in [1.807, 2.05) is 10.8 Å². The molecule has 1 aromatic rings. The van der Waals surface area contributed by atoms with Crippen LogP contribution in [0.15, 0.2) is 12.4 Å². The Hall–Kier alpha value is -0.250. The number of aromatic nitrogens is 2. The maximum absolute atomic E-state index is 5.71. The Kier molecular flexibility index (Phi) is 4.03. The summed E-state index contributed by atoms with van der Waals surface area (Å²) >= 11 is 5.71. The van der Waals surface area contributed by atoms with Crippen LogP contribution in [0, 0.1) is 0 Å². The highest BCUT2D eigenvalue weighted by Gasteiger charge is 2.18. The topological polar surface area (TPSA) is 27.1 Å². The van der Waals surface area contributed by atoms with Gasteiger partial charge in [0.05, 0.1) is 5.88 Å². The molecule has 13 heavy (non-hydrogen) atoms. The first kappa shape index (κ1) is 10.8. The van der Waals surface area contributed by atoms with Crippen molar-refractivity contribution in [3.05, 3.63) is 18.2 Å². The van der Waals surface area contributed by atoms with Gasteiger partial charge in [0, 0.05) is 19.0 Å². The van der Waals surface area contributed by atoms with Gasteiger partial charge in [-0.05, 0) is 12.8 Å². The van der Waals surface area contributed by atoms with E-state index in [-0.39, 0.29) is 18.6 Å². The van der Waals surface area contributed by atoms with Gasteiger partial charge < -0.3 is 9.30 Å². The van der Waals surface area contributed by atoms with Crippen LogP contribution in [0.3, 0.4) is 0 Å². The summed E-state index contributed by atoms with van der Waals surface area (Å²) in [7, 11) is 0. The summed E-state index contributed by atoms with van der Waals surface area (Å²) < 4.78 is 7.52. The predicted molar refractivity (Wildman–Crippen MR) is 53.3 cm³/mol. The lowest BCUT2D eigenvalue weighted by molar-refractivity contribution is 0.0548. The molecular weight excluding hydrogens is 211 g/mol. The molecule has 0 radical (unpaired) electrons. The normalized spacial score (nSPS) is 21.5. The zero-order chi connectivity index (χ0) is 8.39. The fraction of sp³-hybridized carbons (Fsp3) is 0.625. The molecule has 3 nitrogen and oxygen atoms in total. The molecule has 1 atom stereocenters. The van der Waals surface area contributed by atoms with Crippen LogP contribution >= 0.6 is 24.0 Å². The number of hydrogen-bond donors (Lipinski definition) is 0. The minimum absolute atomic E-state index is 0. The maximum atomic E-state index is 5.71. The number of imidazole rings is 1. The van der Waals surface area contributed by atoms with Gasteiger partial charge in [0.25, 0.3) is 0 Å². The minimum atomic E-state index is 0. The molecule has 1 aromatic heterocycles. The van der Waals surface area contributed by atoms with Gasteiger partial charge in [0.15, 0.2) is 0 Å². The highest BCUT2D eigenvalue weighted by molar-refractivity contribution is 6.16. The molecule has 0 aromatic carbocycles. The van der Waals surface area contributed by atoms with Crippen molar-refractivity contribution in [2.75, 3.05) is 6.61 Å². The Balaban J connectivity index is 0.000000845. The van der Waals surface area contributed by atoms with Crippen molar-refractivity contribution in [2.24, 2.45) is 0 Å². The number of halogens is 2. The fourth-order valence-electron chi connectivity index (χ4n) is 1.49. The number of ether oxygens (including phenoxy) is 1. The first-order chi connectivity index (χ1) is 5.92. The molecule has 0 aliphatic carbocycles. The average molecular weight is 223 g/mol. The van der Waals surface area contributed by atoms with Crippen molar-refractivity contribution >= 4 is 24.0 Å². The molecular formula is C8H12Cl2N2O. The van der Waals surface area contributed by atoms with Crippen LogP contribution < -0.4 is 0 Å². The van der Waals surface area contributed by atoms with Gasteiger partial charge in [-0.1, -0.05) is 0 Å². The van der Waals surface area contributed by atoms with E-state index >= 15 is 0 Å². The molecule has 0 amide bonds. The average Bonchev–Trinajstić information content (AvgIpc) is 2.74. The van der Waals surface area contributed by atoms with Gasteiger partial charge in [-0.25, -0.2) is 4.98 Å². The second-order valence-corrected chi connectivity index (χ2v) is 3.12. The molecule has 1 aliphatic heterocycles. The lowest BCUT2D eigenvalue weighted by Gasteiger charge is -2.12. The molecule has 1 unspecified atom stereocenters.